The average molecular weight is 283 g/mol. The van der Waals surface area contributed by atoms with Crippen molar-refractivity contribution < 1.29 is 14.7 Å². The second kappa shape index (κ2) is 5.61. The Kier molecular flexibility index (Phi) is 4.43. The fourth-order valence-corrected chi connectivity index (χ4v) is 1.51. The topological polar surface area (TPSA) is 54.4 Å². The third-order valence-electron chi connectivity index (χ3n) is 1.98. The zero-order chi connectivity index (χ0) is 12.1. The Balaban J connectivity index is 2.95. The molecule has 0 heterocycles. The van der Waals surface area contributed by atoms with E-state index in [2.05, 4.69) is 15.9 Å². The number of hydrogen-bond acceptors (Lipinski definition) is 2. The van der Waals surface area contributed by atoms with Gasteiger partial charge in [-0.1, -0.05) is 40.2 Å². The van der Waals surface area contributed by atoms with Crippen LogP contribution in [0.15, 0.2) is 30.3 Å². The van der Waals surface area contributed by atoms with Gasteiger partial charge in [0.15, 0.2) is 0 Å². The number of carboxylic acids is 1. The van der Waals surface area contributed by atoms with Gasteiger partial charge in [0.05, 0.1) is 4.83 Å². The molecule has 0 aliphatic rings. The van der Waals surface area contributed by atoms with Gasteiger partial charge in [-0.05, 0) is 24.1 Å². The molecule has 0 fully saturated rings. The minimum atomic E-state index is -0.993. The molecule has 0 amide bonds. The van der Waals surface area contributed by atoms with Gasteiger partial charge in [-0.3, -0.25) is 4.79 Å². The summed E-state index contributed by atoms with van der Waals surface area (Å²) >= 11 is 3.27. The SMILES string of the molecule is CC(=O)C(Br)c1cccc(C=CC(=O)O)c1. The minimum absolute atomic E-state index is 0.0133. The first kappa shape index (κ1) is 12.6. The van der Waals surface area contributed by atoms with E-state index in [-0.39, 0.29) is 10.6 Å². The van der Waals surface area contributed by atoms with E-state index in [1.807, 2.05) is 6.07 Å². The van der Waals surface area contributed by atoms with Gasteiger partial charge in [0.2, 0.25) is 0 Å². The molecule has 1 rings (SSSR count). The highest BCUT2D eigenvalue weighted by molar-refractivity contribution is 9.09. The van der Waals surface area contributed by atoms with E-state index < -0.39 is 5.97 Å². The number of carbonyl (C=O) groups is 2. The normalized spacial score (nSPS) is 12.6. The summed E-state index contributed by atoms with van der Waals surface area (Å²) in [4.78, 5) is 21.2. The molecular formula is C12H11BrO3. The molecule has 84 valence electrons. The standard InChI is InChI=1S/C12H11BrO3/c1-8(14)12(13)10-4-2-3-9(7-10)5-6-11(15)16/h2-7,12H,1H3,(H,15,16). The summed E-state index contributed by atoms with van der Waals surface area (Å²) in [6, 6.07) is 7.16. The summed E-state index contributed by atoms with van der Waals surface area (Å²) in [5.41, 5.74) is 1.57. The van der Waals surface area contributed by atoms with E-state index in [9.17, 15) is 9.59 Å². The number of Topliss-reactive ketones (excluding diaryl/α,β-unsaturated/α-hetero) is 1. The van der Waals surface area contributed by atoms with Crippen molar-refractivity contribution in [3.63, 3.8) is 0 Å². The molecular weight excluding hydrogens is 272 g/mol. The van der Waals surface area contributed by atoms with Crippen molar-refractivity contribution in [1.82, 2.24) is 0 Å². The number of benzene rings is 1. The molecule has 0 radical (unpaired) electrons. The number of carbonyl (C=O) groups excluding carboxylic acids is 1. The van der Waals surface area contributed by atoms with Crippen LogP contribution < -0.4 is 0 Å². The maximum atomic E-state index is 11.2. The molecule has 1 aromatic carbocycles. The zero-order valence-corrected chi connectivity index (χ0v) is 10.3. The van der Waals surface area contributed by atoms with Gasteiger partial charge < -0.3 is 5.11 Å². The molecule has 0 aromatic heterocycles. The van der Waals surface area contributed by atoms with Crippen molar-refractivity contribution in [3.8, 4) is 0 Å². The maximum Gasteiger partial charge on any atom is 0.328 e. The molecule has 0 aliphatic heterocycles. The predicted molar refractivity (Wildman–Crippen MR) is 65.5 cm³/mol. The van der Waals surface area contributed by atoms with Gasteiger partial charge in [-0.15, -0.1) is 0 Å². The van der Waals surface area contributed by atoms with Gasteiger partial charge in [0.1, 0.15) is 5.78 Å². The van der Waals surface area contributed by atoms with Gasteiger partial charge in [-0.2, -0.15) is 0 Å². The Morgan fingerprint density at radius 1 is 1.44 bits per heavy atom. The molecule has 3 nitrogen and oxygen atoms in total. The number of alkyl halides is 1. The summed E-state index contributed by atoms with van der Waals surface area (Å²) in [5.74, 6) is -0.980. The summed E-state index contributed by atoms with van der Waals surface area (Å²) in [5, 5.41) is 8.49. The number of rotatable bonds is 4. The number of aliphatic carboxylic acids is 1. The second-order valence-electron chi connectivity index (χ2n) is 3.31. The van der Waals surface area contributed by atoms with Crippen LogP contribution in [0.5, 0.6) is 0 Å². The van der Waals surface area contributed by atoms with Crippen LogP contribution in [0.4, 0.5) is 0 Å². The lowest BCUT2D eigenvalue weighted by Gasteiger charge is -2.06. The van der Waals surface area contributed by atoms with Gasteiger partial charge >= 0.3 is 5.97 Å². The third kappa shape index (κ3) is 3.62. The fraction of sp³-hybridized carbons (Fsp3) is 0.167. The van der Waals surface area contributed by atoms with Gasteiger partial charge in [-0.25, -0.2) is 4.79 Å². The Morgan fingerprint density at radius 3 is 2.69 bits per heavy atom. The van der Waals surface area contributed by atoms with Gasteiger partial charge in [0.25, 0.3) is 0 Å². The number of carboxylic acid groups (broad SMARTS) is 1. The lowest BCUT2D eigenvalue weighted by atomic mass is 10.1. The fourth-order valence-electron chi connectivity index (χ4n) is 1.22. The summed E-state index contributed by atoms with van der Waals surface area (Å²) < 4.78 is 0. The molecule has 1 aromatic rings. The Morgan fingerprint density at radius 2 is 2.12 bits per heavy atom. The zero-order valence-electron chi connectivity index (χ0n) is 8.68. The highest BCUT2D eigenvalue weighted by Gasteiger charge is 2.11. The van der Waals surface area contributed by atoms with Crippen molar-refractivity contribution in [3.05, 3.63) is 41.5 Å². The summed E-state index contributed by atoms with van der Waals surface area (Å²) in [7, 11) is 0. The Hall–Kier alpha value is -1.42. The molecule has 1 N–H and O–H groups in total. The first-order chi connectivity index (χ1) is 7.50. The summed E-state index contributed by atoms with van der Waals surface area (Å²) in [6.07, 6.45) is 2.56. The number of ketones is 1. The van der Waals surface area contributed by atoms with Gasteiger partial charge in [0, 0.05) is 6.08 Å². The van der Waals surface area contributed by atoms with E-state index in [0.717, 1.165) is 17.2 Å². The molecule has 4 heteroatoms. The highest BCUT2D eigenvalue weighted by Crippen LogP contribution is 2.24. The second-order valence-corrected chi connectivity index (χ2v) is 4.23. The van der Waals surface area contributed by atoms with E-state index >= 15 is 0 Å². The number of halogens is 1. The Labute approximate surface area is 102 Å². The third-order valence-corrected chi connectivity index (χ3v) is 3.15. The highest BCUT2D eigenvalue weighted by atomic mass is 79.9. The van der Waals surface area contributed by atoms with Crippen LogP contribution in [0.25, 0.3) is 6.08 Å². The molecule has 16 heavy (non-hydrogen) atoms. The van der Waals surface area contributed by atoms with E-state index in [0.29, 0.717) is 0 Å². The number of hydrogen-bond donors (Lipinski definition) is 1. The lowest BCUT2D eigenvalue weighted by molar-refractivity contribution is -0.131. The maximum absolute atomic E-state index is 11.2. The van der Waals surface area contributed by atoms with Crippen LogP contribution >= 0.6 is 15.9 Å². The van der Waals surface area contributed by atoms with Crippen LogP contribution in [-0.2, 0) is 9.59 Å². The van der Waals surface area contributed by atoms with Crippen LogP contribution in [0.2, 0.25) is 0 Å². The largest absolute Gasteiger partial charge is 0.478 e. The van der Waals surface area contributed by atoms with Crippen LogP contribution in [0.1, 0.15) is 22.9 Å². The minimum Gasteiger partial charge on any atom is -0.478 e. The van der Waals surface area contributed by atoms with E-state index in [1.165, 1.54) is 13.0 Å². The van der Waals surface area contributed by atoms with Crippen molar-refractivity contribution in [2.24, 2.45) is 0 Å². The summed E-state index contributed by atoms with van der Waals surface area (Å²) in [6.45, 7) is 1.50. The van der Waals surface area contributed by atoms with E-state index in [1.54, 1.807) is 18.2 Å². The molecule has 0 aliphatic carbocycles. The smallest absolute Gasteiger partial charge is 0.328 e. The van der Waals surface area contributed by atoms with Crippen molar-refractivity contribution in [2.75, 3.05) is 0 Å². The van der Waals surface area contributed by atoms with Crippen molar-refractivity contribution >= 4 is 33.8 Å². The first-order valence-corrected chi connectivity index (χ1v) is 5.58. The monoisotopic (exact) mass is 282 g/mol. The predicted octanol–water partition coefficient (Wildman–Crippen LogP) is 2.81. The van der Waals surface area contributed by atoms with Crippen molar-refractivity contribution in [1.29, 1.82) is 0 Å². The molecule has 0 saturated carbocycles. The van der Waals surface area contributed by atoms with Crippen molar-refractivity contribution in [2.45, 2.75) is 11.8 Å². The molecule has 0 saturated heterocycles. The lowest BCUT2D eigenvalue weighted by Crippen LogP contribution is -2.00. The van der Waals surface area contributed by atoms with Crippen LogP contribution in [-0.4, -0.2) is 16.9 Å². The molecule has 0 spiro atoms. The molecule has 1 unspecified atom stereocenters. The first-order valence-electron chi connectivity index (χ1n) is 4.66. The Bertz CT molecular complexity index is 438. The van der Waals surface area contributed by atoms with Crippen LogP contribution in [0.3, 0.4) is 0 Å². The molecule has 0 bridgehead atoms. The quantitative estimate of drug-likeness (QED) is 0.683. The molecule has 1 atom stereocenters. The van der Waals surface area contributed by atoms with E-state index in [4.69, 9.17) is 5.11 Å². The van der Waals surface area contributed by atoms with Crippen LogP contribution in [0, 0.1) is 0 Å². The average Bonchev–Trinajstić information content (AvgIpc) is 2.25.